The molecule has 2 nitrogen and oxygen atoms in total. The van der Waals surface area contributed by atoms with Crippen molar-refractivity contribution in [1.82, 2.24) is 0 Å². The minimum atomic E-state index is -1.58. The van der Waals surface area contributed by atoms with E-state index in [0.29, 0.717) is 10.6 Å². The Balaban J connectivity index is 2.31. The quantitative estimate of drug-likeness (QED) is 0.878. The van der Waals surface area contributed by atoms with Crippen LogP contribution in [0.5, 0.6) is 0 Å². The van der Waals surface area contributed by atoms with Crippen molar-refractivity contribution < 1.29 is 13.0 Å². The lowest BCUT2D eigenvalue weighted by Gasteiger charge is -2.08. The van der Waals surface area contributed by atoms with Crippen LogP contribution < -0.4 is 5.73 Å². The van der Waals surface area contributed by atoms with Gasteiger partial charge in [-0.2, -0.15) is 0 Å². The summed E-state index contributed by atoms with van der Waals surface area (Å²) in [4.78, 5) is 0.397. The van der Waals surface area contributed by atoms with Crippen LogP contribution in [0, 0.1) is 18.6 Å². The molecule has 0 aromatic heterocycles. The zero-order chi connectivity index (χ0) is 14.0. The Labute approximate surface area is 112 Å². The first kappa shape index (κ1) is 13.7. The topological polar surface area (TPSA) is 43.1 Å². The van der Waals surface area contributed by atoms with E-state index in [1.165, 1.54) is 6.07 Å². The predicted octanol–water partition coefficient (Wildman–Crippen LogP) is 3.16. The summed E-state index contributed by atoms with van der Waals surface area (Å²) in [7, 11) is -1.58. The summed E-state index contributed by atoms with van der Waals surface area (Å²) >= 11 is 0. The second kappa shape index (κ2) is 5.48. The van der Waals surface area contributed by atoms with Crippen LogP contribution in [0.4, 0.5) is 14.5 Å². The number of nitrogens with two attached hydrogens (primary N) is 1. The summed E-state index contributed by atoms with van der Waals surface area (Å²) in [5, 5.41) is 0. The standard InChI is InChI=1S/C14H13F2NOS/c1-9-5-6-14(13(17)7-9)19(18)8-10-11(15)3-2-4-12(10)16/h2-7H,8,17H2,1H3. The Hall–Kier alpha value is -1.75. The van der Waals surface area contributed by atoms with Gasteiger partial charge in [0.2, 0.25) is 0 Å². The molecule has 2 aromatic carbocycles. The fraction of sp³-hybridized carbons (Fsp3) is 0.143. The third-order valence-electron chi connectivity index (χ3n) is 2.75. The maximum absolute atomic E-state index is 13.5. The number of halogens is 2. The maximum atomic E-state index is 13.5. The minimum absolute atomic E-state index is 0.180. The Morgan fingerprint density at radius 3 is 2.37 bits per heavy atom. The first-order valence-electron chi connectivity index (χ1n) is 5.66. The Morgan fingerprint density at radius 2 is 1.79 bits per heavy atom. The molecular formula is C14H13F2NOS. The zero-order valence-corrected chi connectivity index (χ0v) is 11.1. The van der Waals surface area contributed by atoms with Crippen molar-refractivity contribution in [3.63, 3.8) is 0 Å². The molecular weight excluding hydrogens is 268 g/mol. The molecule has 0 radical (unpaired) electrons. The molecule has 19 heavy (non-hydrogen) atoms. The highest BCUT2D eigenvalue weighted by Crippen LogP contribution is 2.22. The van der Waals surface area contributed by atoms with E-state index in [9.17, 15) is 13.0 Å². The van der Waals surface area contributed by atoms with Crippen LogP contribution >= 0.6 is 0 Å². The molecule has 5 heteroatoms. The molecule has 0 saturated heterocycles. The molecule has 1 atom stereocenters. The van der Waals surface area contributed by atoms with Gasteiger partial charge in [0.05, 0.1) is 21.4 Å². The summed E-state index contributed by atoms with van der Waals surface area (Å²) in [5.41, 5.74) is 6.90. The minimum Gasteiger partial charge on any atom is -0.398 e. The van der Waals surface area contributed by atoms with E-state index in [2.05, 4.69) is 0 Å². The zero-order valence-electron chi connectivity index (χ0n) is 10.3. The van der Waals surface area contributed by atoms with Crippen molar-refractivity contribution in [2.75, 3.05) is 5.73 Å². The van der Waals surface area contributed by atoms with E-state index in [0.717, 1.165) is 17.7 Å². The average molecular weight is 281 g/mol. The Bertz CT molecular complexity index is 623. The third-order valence-corrected chi connectivity index (χ3v) is 4.16. The van der Waals surface area contributed by atoms with E-state index < -0.39 is 22.4 Å². The molecule has 0 aliphatic carbocycles. The van der Waals surface area contributed by atoms with Crippen LogP contribution in [0.25, 0.3) is 0 Å². The second-order valence-electron chi connectivity index (χ2n) is 4.23. The van der Waals surface area contributed by atoms with Gasteiger partial charge in [-0.15, -0.1) is 0 Å². The highest BCUT2D eigenvalue weighted by molar-refractivity contribution is 7.84. The first-order chi connectivity index (χ1) is 8.99. The first-order valence-corrected chi connectivity index (χ1v) is 6.98. The summed E-state index contributed by atoms with van der Waals surface area (Å²) in [6.45, 7) is 1.86. The molecule has 0 saturated carbocycles. The lowest BCUT2D eigenvalue weighted by atomic mass is 10.2. The van der Waals surface area contributed by atoms with E-state index in [-0.39, 0.29) is 11.3 Å². The maximum Gasteiger partial charge on any atom is 0.130 e. The molecule has 0 aliphatic heterocycles. The normalized spacial score (nSPS) is 12.4. The fourth-order valence-corrected chi connectivity index (χ4v) is 2.99. The molecule has 2 aromatic rings. The number of nitrogen functional groups attached to an aromatic ring is 1. The summed E-state index contributed by atoms with van der Waals surface area (Å²) in [6.07, 6.45) is 0. The van der Waals surface area contributed by atoms with Gasteiger partial charge in [-0.05, 0) is 36.8 Å². The monoisotopic (exact) mass is 281 g/mol. The molecule has 0 spiro atoms. The summed E-state index contributed by atoms with van der Waals surface area (Å²) < 4.78 is 39.1. The van der Waals surface area contributed by atoms with Gasteiger partial charge in [-0.1, -0.05) is 12.1 Å². The SMILES string of the molecule is Cc1ccc(S(=O)Cc2c(F)cccc2F)c(N)c1. The van der Waals surface area contributed by atoms with E-state index in [1.54, 1.807) is 18.2 Å². The van der Waals surface area contributed by atoms with Crippen LogP contribution in [0.2, 0.25) is 0 Å². The number of anilines is 1. The Kier molecular flexibility index (Phi) is 3.95. The van der Waals surface area contributed by atoms with Crippen molar-refractivity contribution in [2.24, 2.45) is 0 Å². The van der Waals surface area contributed by atoms with Gasteiger partial charge in [0, 0.05) is 11.3 Å². The van der Waals surface area contributed by atoms with Gasteiger partial charge >= 0.3 is 0 Å². The fourth-order valence-electron chi connectivity index (χ4n) is 1.75. The number of hydrogen-bond donors (Lipinski definition) is 1. The van der Waals surface area contributed by atoms with Crippen LogP contribution in [-0.2, 0) is 16.6 Å². The number of aryl methyl sites for hydroxylation is 1. The molecule has 0 heterocycles. The van der Waals surface area contributed by atoms with Gasteiger partial charge in [0.25, 0.3) is 0 Å². The van der Waals surface area contributed by atoms with Crippen molar-refractivity contribution in [3.05, 3.63) is 59.2 Å². The van der Waals surface area contributed by atoms with Gasteiger partial charge in [0.15, 0.2) is 0 Å². The van der Waals surface area contributed by atoms with E-state index >= 15 is 0 Å². The van der Waals surface area contributed by atoms with Crippen LogP contribution in [0.1, 0.15) is 11.1 Å². The second-order valence-corrected chi connectivity index (χ2v) is 5.65. The lowest BCUT2D eigenvalue weighted by molar-refractivity contribution is 0.564. The van der Waals surface area contributed by atoms with Crippen molar-refractivity contribution in [3.8, 4) is 0 Å². The van der Waals surface area contributed by atoms with Crippen LogP contribution in [-0.4, -0.2) is 4.21 Å². The number of hydrogen-bond acceptors (Lipinski definition) is 2. The average Bonchev–Trinajstić information content (AvgIpc) is 2.33. The Morgan fingerprint density at radius 1 is 1.16 bits per heavy atom. The number of benzene rings is 2. The molecule has 1 unspecified atom stereocenters. The third kappa shape index (κ3) is 2.98. The van der Waals surface area contributed by atoms with Gasteiger partial charge < -0.3 is 5.73 Å². The van der Waals surface area contributed by atoms with E-state index in [4.69, 9.17) is 5.73 Å². The number of rotatable bonds is 3. The van der Waals surface area contributed by atoms with Gasteiger partial charge in [0.1, 0.15) is 11.6 Å². The molecule has 0 bridgehead atoms. The van der Waals surface area contributed by atoms with Gasteiger partial charge in [-0.25, -0.2) is 8.78 Å². The van der Waals surface area contributed by atoms with Crippen LogP contribution in [0.3, 0.4) is 0 Å². The lowest BCUT2D eigenvalue weighted by Crippen LogP contribution is -2.04. The molecule has 0 fully saturated rings. The molecule has 0 amide bonds. The van der Waals surface area contributed by atoms with Crippen molar-refractivity contribution in [2.45, 2.75) is 17.6 Å². The molecule has 100 valence electrons. The molecule has 2 rings (SSSR count). The smallest absolute Gasteiger partial charge is 0.130 e. The summed E-state index contributed by atoms with van der Waals surface area (Å²) in [6, 6.07) is 8.64. The summed E-state index contributed by atoms with van der Waals surface area (Å²) in [5.74, 6) is -1.62. The largest absolute Gasteiger partial charge is 0.398 e. The van der Waals surface area contributed by atoms with Crippen LogP contribution in [0.15, 0.2) is 41.3 Å². The predicted molar refractivity (Wildman–Crippen MR) is 72.1 cm³/mol. The van der Waals surface area contributed by atoms with Crippen molar-refractivity contribution in [1.29, 1.82) is 0 Å². The van der Waals surface area contributed by atoms with E-state index in [1.807, 2.05) is 6.92 Å². The molecule has 0 aliphatic rings. The highest BCUT2D eigenvalue weighted by atomic mass is 32.2. The van der Waals surface area contributed by atoms with Gasteiger partial charge in [-0.3, -0.25) is 4.21 Å². The molecule has 2 N–H and O–H groups in total. The van der Waals surface area contributed by atoms with Crippen molar-refractivity contribution >= 4 is 16.5 Å². The highest BCUT2D eigenvalue weighted by Gasteiger charge is 2.15.